The molecule has 0 saturated carbocycles. The van der Waals surface area contributed by atoms with Crippen molar-refractivity contribution < 1.29 is 0 Å². The smallest absolute Gasteiger partial charge is 0.0184 e. The van der Waals surface area contributed by atoms with Crippen LogP contribution < -0.4 is 5.73 Å². The molecule has 0 fully saturated rings. The third-order valence-corrected chi connectivity index (χ3v) is 4.11. The summed E-state index contributed by atoms with van der Waals surface area (Å²) in [5.41, 5.74) is 8.58. The number of thioether (sulfide) groups is 1. The Morgan fingerprint density at radius 3 is 2.33 bits per heavy atom. The summed E-state index contributed by atoms with van der Waals surface area (Å²) in [6.07, 6.45) is 6.43. The largest absolute Gasteiger partial charge is 0.328 e. The molecule has 0 aromatic heterocycles. The van der Waals surface area contributed by atoms with Crippen LogP contribution in [-0.4, -0.2) is 11.8 Å². The van der Waals surface area contributed by atoms with Gasteiger partial charge in [-0.2, -0.15) is 11.8 Å². The monoisotopic (exact) mass is 265 g/mol. The molecule has 2 N–H and O–H groups in total. The molecule has 0 heterocycles. The average molecular weight is 265 g/mol. The standard InChI is InChI=1S/C16H27NS/c1-3-4-5-6-11-18-13-16-9-7-15(8-10-16)12-14(2)17/h7-10,14H,3-6,11-13,17H2,1-2H3. The van der Waals surface area contributed by atoms with E-state index in [1.165, 1.54) is 42.6 Å². The second-order valence-electron chi connectivity index (χ2n) is 5.11. The van der Waals surface area contributed by atoms with Crippen molar-refractivity contribution in [3.63, 3.8) is 0 Å². The molecule has 1 rings (SSSR count). The van der Waals surface area contributed by atoms with Crippen molar-refractivity contribution in [3.8, 4) is 0 Å². The number of nitrogens with two attached hydrogens (primary N) is 1. The van der Waals surface area contributed by atoms with E-state index in [0.717, 1.165) is 12.2 Å². The summed E-state index contributed by atoms with van der Waals surface area (Å²) in [6, 6.07) is 9.18. The Labute approximate surface area is 117 Å². The minimum absolute atomic E-state index is 0.254. The Morgan fingerprint density at radius 2 is 1.72 bits per heavy atom. The minimum atomic E-state index is 0.254. The van der Waals surface area contributed by atoms with Gasteiger partial charge in [0.15, 0.2) is 0 Å². The van der Waals surface area contributed by atoms with Crippen LogP contribution in [0.4, 0.5) is 0 Å². The van der Waals surface area contributed by atoms with Gasteiger partial charge in [0.1, 0.15) is 0 Å². The molecule has 1 nitrogen and oxygen atoms in total. The number of unbranched alkanes of at least 4 members (excludes halogenated alkanes) is 3. The number of benzene rings is 1. The predicted octanol–water partition coefficient (Wildman–Crippen LogP) is 4.39. The zero-order valence-electron chi connectivity index (χ0n) is 11.8. The van der Waals surface area contributed by atoms with E-state index < -0.39 is 0 Å². The molecule has 0 amide bonds. The molecule has 1 unspecified atom stereocenters. The SMILES string of the molecule is CCCCCCSCc1ccc(CC(C)N)cc1. The summed E-state index contributed by atoms with van der Waals surface area (Å²) < 4.78 is 0. The van der Waals surface area contributed by atoms with E-state index >= 15 is 0 Å². The van der Waals surface area contributed by atoms with Crippen molar-refractivity contribution in [1.82, 2.24) is 0 Å². The lowest BCUT2D eigenvalue weighted by Gasteiger charge is -2.06. The van der Waals surface area contributed by atoms with Crippen LogP contribution in [0.3, 0.4) is 0 Å². The van der Waals surface area contributed by atoms with Gasteiger partial charge in [0.25, 0.3) is 0 Å². The molecule has 102 valence electrons. The Bertz CT molecular complexity index is 305. The summed E-state index contributed by atoms with van der Waals surface area (Å²) >= 11 is 2.05. The lowest BCUT2D eigenvalue weighted by Crippen LogP contribution is -2.17. The van der Waals surface area contributed by atoms with Crippen LogP contribution in [0.2, 0.25) is 0 Å². The molecule has 0 aliphatic carbocycles. The van der Waals surface area contributed by atoms with Crippen molar-refractivity contribution in [3.05, 3.63) is 35.4 Å². The molecule has 0 spiro atoms. The van der Waals surface area contributed by atoms with E-state index in [4.69, 9.17) is 5.73 Å². The van der Waals surface area contributed by atoms with Gasteiger partial charge < -0.3 is 5.73 Å². The highest BCUT2D eigenvalue weighted by molar-refractivity contribution is 7.98. The molecule has 0 radical (unpaired) electrons. The highest BCUT2D eigenvalue weighted by atomic mass is 32.2. The first-order valence-corrected chi connectivity index (χ1v) is 8.29. The lowest BCUT2D eigenvalue weighted by molar-refractivity contribution is 0.706. The summed E-state index contributed by atoms with van der Waals surface area (Å²) in [4.78, 5) is 0. The highest BCUT2D eigenvalue weighted by Gasteiger charge is 1.99. The maximum atomic E-state index is 5.80. The number of rotatable bonds is 9. The molecule has 1 aromatic carbocycles. The third-order valence-electron chi connectivity index (χ3n) is 2.99. The van der Waals surface area contributed by atoms with Crippen LogP contribution in [0, 0.1) is 0 Å². The molecule has 0 aliphatic heterocycles. The molecule has 0 bridgehead atoms. The van der Waals surface area contributed by atoms with Crippen LogP contribution in [0.1, 0.15) is 50.7 Å². The van der Waals surface area contributed by atoms with Gasteiger partial charge in [0.05, 0.1) is 0 Å². The summed E-state index contributed by atoms with van der Waals surface area (Å²) in [5, 5.41) is 0. The molecule has 0 aliphatic rings. The first-order chi connectivity index (χ1) is 8.72. The van der Waals surface area contributed by atoms with Crippen molar-refractivity contribution in [2.24, 2.45) is 5.73 Å². The number of hydrogen-bond acceptors (Lipinski definition) is 2. The van der Waals surface area contributed by atoms with Crippen LogP contribution in [-0.2, 0) is 12.2 Å². The molecule has 0 saturated heterocycles. The Balaban J connectivity index is 2.18. The van der Waals surface area contributed by atoms with E-state index in [1.54, 1.807) is 0 Å². The Hall–Kier alpha value is -0.470. The molecular formula is C16H27NS. The van der Waals surface area contributed by atoms with E-state index in [-0.39, 0.29) is 6.04 Å². The highest BCUT2D eigenvalue weighted by Crippen LogP contribution is 2.15. The quantitative estimate of drug-likeness (QED) is 0.670. The van der Waals surface area contributed by atoms with E-state index in [2.05, 4.69) is 49.9 Å². The van der Waals surface area contributed by atoms with Gasteiger partial charge in [0, 0.05) is 11.8 Å². The molecule has 2 heteroatoms. The fraction of sp³-hybridized carbons (Fsp3) is 0.625. The van der Waals surface area contributed by atoms with Crippen molar-refractivity contribution >= 4 is 11.8 Å². The zero-order valence-corrected chi connectivity index (χ0v) is 12.6. The lowest BCUT2D eigenvalue weighted by atomic mass is 10.1. The predicted molar refractivity (Wildman–Crippen MR) is 84.1 cm³/mol. The normalized spacial score (nSPS) is 12.6. The van der Waals surface area contributed by atoms with E-state index in [1.807, 2.05) is 0 Å². The zero-order chi connectivity index (χ0) is 13.2. The van der Waals surface area contributed by atoms with Crippen LogP contribution in [0.15, 0.2) is 24.3 Å². The van der Waals surface area contributed by atoms with Crippen LogP contribution in [0.5, 0.6) is 0 Å². The maximum absolute atomic E-state index is 5.80. The minimum Gasteiger partial charge on any atom is -0.328 e. The van der Waals surface area contributed by atoms with E-state index in [0.29, 0.717) is 0 Å². The van der Waals surface area contributed by atoms with Crippen molar-refractivity contribution in [2.75, 3.05) is 5.75 Å². The first-order valence-electron chi connectivity index (χ1n) is 7.13. The first kappa shape index (κ1) is 15.6. The van der Waals surface area contributed by atoms with Gasteiger partial charge in [-0.25, -0.2) is 0 Å². The van der Waals surface area contributed by atoms with Crippen molar-refractivity contribution in [2.45, 2.75) is 57.7 Å². The second-order valence-corrected chi connectivity index (χ2v) is 6.22. The van der Waals surface area contributed by atoms with Gasteiger partial charge in [-0.3, -0.25) is 0 Å². The van der Waals surface area contributed by atoms with Gasteiger partial charge in [0.2, 0.25) is 0 Å². The molecule has 18 heavy (non-hydrogen) atoms. The fourth-order valence-electron chi connectivity index (χ4n) is 1.96. The second kappa shape index (κ2) is 9.46. The number of hydrogen-bond donors (Lipinski definition) is 1. The topological polar surface area (TPSA) is 26.0 Å². The van der Waals surface area contributed by atoms with E-state index in [9.17, 15) is 0 Å². The van der Waals surface area contributed by atoms with Gasteiger partial charge in [-0.1, -0.05) is 50.5 Å². The van der Waals surface area contributed by atoms with Gasteiger partial charge >= 0.3 is 0 Å². The summed E-state index contributed by atoms with van der Waals surface area (Å²) in [6.45, 7) is 4.32. The van der Waals surface area contributed by atoms with Crippen LogP contribution in [0.25, 0.3) is 0 Å². The van der Waals surface area contributed by atoms with Gasteiger partial charge in [-0.15, -0.1) is 0 Å². The molecular weight excluding hydrogens is 238 g/mol. The Kier molecular flexibility index (Phi) is 8.19. The third kappa shape index (κ3) is 7.07. The molecule has 1 atom stereocenters. The maximum Gasteiger partial charge on any atom is 0.0184 e. The summed E-state index contributed by atoms with van der Waals surface area (Å²) in [7, 11) is 0. The fourth-order valence-corrected chi connectivity index (χ4v) is 2.95. The van der Waals surface area contributed by atoms with Gasteiger partial charge in [-0.05, 0) is 36.6 Å². The summed E-state index contributed by atoms with van der Waals surface area (Å²) in [5.74, 6) is 2.44. The van der Waals surface area contributed by atoms with Crippen LogP contribution >= 0.6 is 11.8 Å². The average Bonchev–Trinajstić information content (AvgIpc) is 2.35. The molecule has 1 aromatic rings. The Morgan fingerprint density at radius 1 is 1.06 bits per heavy atom. The van der Waals surface area contributed by atoms with Crippen molar-refractivity contribution in [1.29, 1.82) is 0 Å².